The van der Waals surface area contributed by atoms with Crippen molar-refractivity contribution in [1.29, 1.82) is 0 Å². The predicted molar refractivity (Wildman–Crippen MR) is 76.0 cm³/mol. The Morgan fingerprint density at radius 3 is 2.39 bits per heavy atom. The van der Waals surface area contributed by atoms with Crippen LogP contribution in [0.25, 0.3) is 0 Å². The summed E-state index contributed by atoms with van der Waals surface area (Å²) in [6.45, 7) is 4.54. The van der Waals surface area contributed by atoms with Gasteiger partial charge in [-0.15, -0.1) is 0 Å². The Hall–Kier alpha value is -0.470. The highest BCUT2D eigenvalue weighted by Gasteiger charge is 2.27. The molecule has 4 heteroatoms. The minimum atomic E-state index is -0.547. The number of nitrogens with one attached hydrogen (secondary N) is 1. The highest BCUT2D eigenvalue weighted by Crippen LogP contribution is 2.33. The monoisotopic (exact) mass is 289 g/mol. The lowest BCUT2D eigenvalue weighted by atomic mass is 9.78. The lowest BCUT2D eigenvalue weighted by Gasteiger charge is -2.35. The largest absolute Gasteiger partial charge is 0.382 e. The summed E-state index contributed by atoms with van der Waals surface area (Å²) >= 11 is 11.6. The molecule has 3 unspecified atom stereocenters. The van der Waals surface area contributed by atoms with Crippen molar-refractivity contribution in [3.05, 3.63) is 28.0 Å². The van der Waals surface area contributed by atoms with Crippen molar-refractivity contribution < 1.29 is 4.39 Å². The minimum absolute atomic E-state index is 0.0708. The predicted octanol–water partition coefficient (Wildman–Crippen LogP) is 5.37. The van der Waals surface area contributed by atoms with Gasteiger partial charge in [-0.05, 0) is 30.4 Å². The van der Waals surface area contributed by atoms with Crippen LogP contribution in [-0.2, 0) is 0 Å². The molecule has 18 heavy (non-hydrogen) atoms. The molecule has 1 N–H and O–H groups in total. The van der Waals surface area contributed by atoms with E-state index >= 15 is 0 Å². The molecule has 1 aliphatic carbocycles. The van der Waals surface area contributed by atoms with Gasteiger partial charge in [-0.1, -0.05) is 49.9 Å². The Balaban J connectivity index is 2.14. The van der Waals surface area contributed by atoms with Gasteiger partial charge in [0, 0.05) is 11.7 Å². The van der Waals surface area contributed by atoms with E-state index < -0.39 is 5.82 Å². The zero-order chi connectivity index (χ0) is 13.3. The van der Waals surface area contributed by atoms with Crippen molar-refractivity contribution in [2.24, 2.45) is 11.8 Å². The molecule has 2 rings (SSSR count). The molecule has 1 aliphatic rings. The van der Waals surface area contributed by atoms with Crippen molar-refractivity contribution in [1.82, 2.24) is 0 Å². The van der Waals surface area contributed by atoms with Crippen molar-refractivity contribution in [2.75, 3.05) is 5.32 Å². The van der Waals surface area contributed by atoms with E-state index in [0.29, 0.717) is 17.9 Å². The van der Waals surface area contributed by atoms with Gasteiger partial charge in [0.1, 0.15) is 0 Å². The van der Waals surface area contributed by atoms with Gasteiger partial charge < -0.3 is 5.32 Å². The van der Waals surface area contributed by atoms with Crippen LogP contribution in [0, 0.1) is 17.7 Å². The van der Waals surface area contributed by atoms with Crippen molar-refractivity contribution in [3.63, 3.8) is 0 Å². The zero-order valence-electron chi connectivity index (χ0n) is 10.6. The second kappa shape index (κ2) is 5.66. The maximum absolute atomic E-state index is 13.3. The minimum Gasteiger partial charge on any atom is -0.382 e. The van der Waals surface area contributed by atoms with E-state index in [-0.39, 0.29) is 10.0 Å². The molecule has 0 amide bonds. The van der Waals surface area contributed by atoms with E-state index in [1.165, 1.54) is 12.8 Å². The summed E-state index contributed by atoms with van der Waals surface area (Å²) in [6.07, 6.45) is 3.65. The SMILES string of the molecule is CC1CCCC(Nc2cc(Cl)c(F)c(Cl)c2)C1C. The molecule has 1 aromatic carbocycles. The van der Waals surface area contributed by atoms with Crippen LogP contribution in [0.15, 0.2) is 12.1 Å². The third-order valence-electron chi connectivity index (χ3n) is 4.04. The summed E-state index contributed by atoms with van der Waals surface area (Å²) in [4.78, 5) is 0. The first-order chi connectivity index (χ1) is 8.49. The third kappa shape index (κ3) is 2.92. The average molecular weight is 290 g/mol. The van der Waals surface area contributed by atoms with E-state index in [2.05, 4.69) is 19.2 Å². The number of hydrogen-bond acceptors (Lipinski definition) is 1. The van der Waals surface area contributed by atoms with Gasteiger partial charge in [0.25, 0.3) is 0 Å². The van der Waals surface area contributed by atoms with Crippen molar-refractivity contribution in [2.45, 2.75) is 39.2 Å². The molecule has 0 spiro atoms. The topological polar surface area (TPSA) is 12.0 Å². The van der Waals surface area contributed by atoms with Gasteiger partial charge in [0.15, 0.2) is 5.82 Å². The fraction of sp³-hybridized carbons (Fsp3) is 0.571. The van der Waals surface area contributed by atoms with Crippen LogP contribution < -0.4 is 5.32 Å². The quantitative estimate of drug-likeness (QED) is 0.722. The molecule has 0 saturated heterocycles. The maximum Gasteiger partial charge on any atom is 0.160 e. The number of benzene rings is 1. The molecule has 0 radical (unpaired) electrons. The Labute approximate surface area is 118 Å². The second-order valence-corrected chi connectivity index (χ2v) is 6.09. The van der Waals surface area contributed by atoms with Crippen LogP contribution in [0.1, 0.15) is 33.1 Å². The molecule has 1 fully saturated rings. The average Bonchev–Trinajstić information content (AvgIpc) is 2.32. The normalized spacial score (nSPS) is 28.2. The fourth-order valence-corrected chi connectivity index (χ4v) is 3.13. The van der Waals surface area contributed by atoms with E-state index in [9.17, 15) is 4.39 Å². The molecule has 1 aromatic rings. The highest BCUT2D eigenvalue weighted by atomic mass is 35.5. The first kappa shape index (κ1) is 14.0. The van der Waals surface area contributed by atoms with Crippen LogP contribution in [-0.4, -0.2) is 6.04 Å². The summed E-state index contributed by atoms with van der Waals surface area (Å²) in [5, 5.41) is 3.58. The lowest BCUT2D eigenvalue weighted by molar-refractivity contribution is 0.253. The summed E-state index contributed by atoms with van der Waals surface area (Å²) in [5.74, 6) is 0.762. The van der Waals surface area contributed by atoms with Gasteiger partial charge in [0.2, 0.25) is 0 Å². The lowest BCUT2D eigenvalue weighted by Crippen LogP contribution is -2.35. The van der Waals surface area contributed by atoms with Gasteiger partial charge in [0.05, 0.1) is 10.0 Å². The summed E-state index contributed by atoms with van der Waals surface area (Å²) in [6, 6.07) is 3.62. The number of halogens is 3. The van der Waals surface area contributed by atoms with E-state index in [1.807, 2.05) is 0 Å². The standard InChI is InChI=1S/C14H18Cl2FN/c1-8-4-3-5-13(9(8)2)18-10-6-11(15)14(17)12(16)7-10/h6-9,13,18H,3-5H2,1-2H3. The van der Waals surface area contributed by atoms with Crippen molar-refractivity contribution in [3.8, 4) is 0 Å². The highest BCUT2D eigenvalue weighted by molar-refractivity contribution is 6.35. The van der Waals surface area contributed by atoms with Gasteiger partial charge >= 0.3 is 0 Å². The molecule has 0 bridgehead atoms. The first-order valence-electron chi connectivity index (χ1n) is 6.40. The molecular weight excluding hydrogens is 272 g/mol. The molecule has 1 nitrogen and oxygen atoms in total. The Bertz CT molecular complexity index is 413. The Kier molecular flexibility index (Phi) is 4.39. The van der Waals surface area contributed by atoms with Gasteiger partial charge in [-0.2, -0.15) is 0 Å². The number of rotatable bonds is 2. The summed E-state index contributed by atoms with van der Waals surface area (Å²) < 4.78 is 13.3. The molecular formula is C14H18Cl2FN. The molecule has 3 atom stereocenters. The van der Waals surface area contributed by atoms with E-state index in [4.69, 9.17) is 23.2 Å². The summed E-state index contributed by atoms with van der Waals surface area (Å²) in [5.41, 5.74) is 0.803. The molecule has 0 aliphatic heterocycles. The Morgan fingerprint density at radius 1 is 1.17 bits per heavy atom. The molecule has 0 aromatic heterocycles. The van der Waals surface area contributed by atoms with Crippen LogP contribution in [0.3, 0.4) is 0 Å². The number of anilines is 1. The van der Waals surface area contributed by atoms with Crippen LogP contribution in [0.4, 0.5) is 10.1 Å². The third-order valence-corrected chi connectivity index (χ3v) is 4.59. The van der Waals surface area contributed by atoms with E-state index in [1.54, 1.807) is 12.1 Å². The van der Waals surface area contributed by atoms with Crippen molar-refractivity contribution >= 4 is 28.9 Å². The first-order valence-corrected chi connectivity index (χ1v) is 7.15. The maximum atomic E-state index is 13.3. The summed E-state index contributed by atoms with van der Waals surface area (Å²) in [7, 11) is 0. The van der Waals surface area contributed by atoms with Gasteiger partial charge in [-0.3, -0.25) is 0 Å². The zero-order valence-corrected chi connectivity index (χ0v) is 12.2. The van der Waals surface area contributed by atoms with Crippen LogP contribution in [0.5, 0.6) is 0 Å². The molecule has 1 saturated carbocycles. The van der Waals surface area contributed by atoms with E-state index in [0.717, 1.165) is 12.1 Å². The molecule has 0 heterocycles. The van der Waals surface area contributed by atoms with Crippen LogP contribution in [0.2, 0.25) is 10.0 Å². The van der Waals surface area contributed by atoms with Crippen LogP contribution >= 0.6 is 23.2 Å². The second-order valence-electron chi connectivity index (χ2n) is 5.27. The van der Waals surface area contributed by atoms with Gasteiger partial charge in [-0.25, -0.2) is 4.39 Å². The Morgan fingerprint density at radius 2 is 1.78 bits per heavy atom. The smallest absolute Gasteiger partial charge is 0.160 e. The number of hydrogen-bond donors (Lipinski definition) is 1. The fourth-order valence-electron chi connectivity index (χ4n) is 2.64. The molecule has 100 valence electrons.